The molecule has 0 aliphatic carbocycles. The molecule has 2 nitrogen and oxygen atoms in total. The number of benzene rings is 1. The fraction of sp³-hybridized carbons (Fsp3) is 0.462. The maximum atomic E-state index is 11.7. The molecule has 0 aliphatic heterocycles. The monoisotopic (exact) mass is 284 g/mol. The van der Waals surface area contributed by atoms with E-state index < -0.39 is 0 Å². The van der Waals surface area contributed by atoms with Gasteiger partial charge in [0.15, 0.2) is 16.3 Å². The lowest BCUT2D eigenvalue weighted by atomic mass is 9.72. The minimum atomic E-state index is -0.221. The molecule has 3 heteroatoms. The standard InChI is InChI=1S/C13H17BrO2/c1-4-11(12(15)16-14)13(2,3)10-8-6-5-7-9-10/h5-9,11H,4H2,1-3H3. The van der Waals surface area contributed by atoms with Gasteiger partial charge in [-0.05, 0) is 12.0 Å². The minimum absolute atomic E-state index is 0.144. The Morgan fingerprint density at radius 3 is 2.38 bits per heavy atom. The van der Waals surface area contributed by atoms with Crippen molar-refractivity contribution in [2.75, 3.05) is 0 Å². The van der Waals surface area contributed by atoms with Gasteiger partial charge in [-0.2, -0.15) is 0 Å². The van der Waals surface area contributed by atoms with Crippen LogP contribution in [0.25, 0.3) is 0 Å². The zero-order chi connectivity index (χ0) is 12.2. The Labute approximate surface area is 105 Å². The van der Waals surface area contributed by atoms with Gasteiger partial charge in [0.25, 0.3) is 0 Å². The molecule has 0 spiro atoms. The van der Waals surface area contributed by atoms with Crippen LogP contribution in [0.5, 0.6) is 0 Å². The molecule has 0 saturated heterocycles. The summed E-state index contributed by atoms with van der Waals surface area (Å²) in [5.74, 6) is -0.356. The molecule has 1 rings (SSSR count). The highest BCUT2D eigenvalue weighted by molar-refractivity contribution is 9.06. The topological polar surface area (TPSA) is 26.3 Å². The molecule has 0 N–H and O–H groups in total. The molecule has 16 heavy (non-hydrogen) atoms. The lowest BCUT2D eigenvalue weighted by Crippen LogP contribution is -2.34. The molecule has 0 heterocycles. The summed E-state index contributed by atoms with van der Waals surface area (Å²) < 4.78 is 4.68. The first-order valence-corrected chi connectivity index (χ1v) is 6.06. The molecular formula is C13H17BrO2. The van der Waals surface area contributed by atoms with Crippen molar-refractivity contribution in [1.29, 1.82) is 0 Å². The molecule has 0 amide bonds. The van der Waals surface area contributed by atoms with E-state index in [-0.39, 0.29) is 17.3 Å². The maximum absolute atomic E-state index is 11.7. The van der Waals surface area contributed by atoms with Gasteiger partial charge in [-0.1, -0.05) is 51.1 Å². The van der Waals surface area contributed by atoms with Crippen LogP contribution in [0.1, 0.15) is 32.8 Å². The van der Waals surface area contributed by atoms with Gasteiger partial charge in [0, 0.05) is 5.41 Å². The van der Waals surface area contributed by atoms with Gasteiger partial charge in [0.2, 0.25) is 0 Å². The molecule has 1 atom stereocenters. The van der Waals surface area contributed by atoms with E-state index in [9.17, 15) is 4.79 Å². The van der Waals surface area contributed by atoms with E-state index in [1.54, 1.807) is 0 Å². The highest BCUT2D eigenvalue weighted by Gasteiger charge is 2.36. The lowest BCUT2D eigenvalue weighted by Gasteiger charge is -2.31. The van der Waals surface area contributed by atoms with Gasteiger partial charge in [-0.15, -0.1) is 0 Å². The van der Waals surface area contributed by atoms with Crippen molar-refractivity contribution < 1.29 is 8.62 Å². The van der Waals surface area contributed by atoms with Crippen LogP contribution in [0.4, 0.5) is 0 Å². The minimum Gasteiger partial charge on any atom is -0.383 e. The van der Waals surface area contributed by atoms with Crippen molar-refractivity contribution in [2.45, 2.75) is 32.6 Å². The second kappa shape index (κ2) is 5.48. The van der Waals surface area contributed by atoms with Crippen LogP contribution in [-0.2, 0) is 14.0 Å². The van der Waals surface area contributed by atoms with E-state index in [1.807, 2.05) is 37.3 Å². The quantitative estimate of drug-likeness (QED) is 0.840. The number of hydrogen-bond donors (Lipinski definition) is 0. The Balaban J connectivity index is 3.04. The van der Waals surface area contributed by atoms with Crippen LogP contribution in [0.2, 0.25) is 0 Å². The summed E-state index contributed by atoms with van der Waals surface area (Å²) in [5, 5.41) is 0. The van der Waals surface area contributed by atoms with Crippen molar-refractivity contribution in [1.82, 2.24) is 0 Å². The highest BCUT2D eigenvalue weighted by Crippen LogP contribution is 2.34. The Morgan fingerprint density at radius 1 is 1.38 bits per heavy atom. The van der Waals surface area contributed by atoms with E-state index in [4.69, 9.17) is 0 Å². The Kier molecular flexibility index (Phi) is 4.54. The number of rotatable bonds is 4. The average Bonchev–Trinajstić information content (AvgIpc) is 2.30. The number of carbonyl (C=O) groups excluding carboxylic acids is 1. The van der Waals surface area contributed by atoms with E-state index in [1.165, 1.54) is 0 Å². The van der Waals surface area contributed by atoms with E-state index in [2.05, 4.69) is 33.9 Å². The van der Waals surface area contributed by atoms with Crippen LogP contribution in [0.15, 0.2) is 30.3 Å². The molecule has 88 valence electrons. The van der Waals surface area contributed by atoms with E-state index in [0.29, 0.717) is 0 Å². The zero-order valence-corrected chi connectivity index (χ0v) is 11.5. The Hall–Kier alpha value is -0.830. The predicted molar refractivity (Wildman–Crippen MR) is 68.3 cm³/mol. The molecule has 0 fully saturated rings. The number of halogens is 1. The number of hydrogen-bond acceptors (Lipinski definition) is 2. The second-order valence-corrected chi connectivity index (χ2v) is 4.77. The van der Waals surface area contributed by atoms with Gasteiger partial charge >= 0.3 is 5.97 Å². The molecule has 0 radical (unpaired) electrons. The molecular weight excluding hydrogens is 268 g/mol. The normalized spacial score (nSPS) is 13.2. The summed E-state index contributed by atoms with van der Waals surface area (Å²) in [6.07, 6.45) is 0.756. The molecule has 0 bridgehead atoms. The fourth-order valence-corrected chi connectivity index (χ4v) is 2.32. The molecule has 1 aromatic carbocycles. The average molecular weight is 285 g/mol. The van der Waals surface area contributed by atoms with Gasteiger partial charge < -0.3 is 3.83 Å². The molecule has 0 aromatic heterocycles. The Morgan fingerprint density at radius 2 is 1.94 bits per heavy atom. The highest BCUT2D eigenvalue weighted by atomic mass is 79.9. The molecule has 0 saturated carbocycles. The van der Waals surface area contributed by atoms with Crippen LogP contribution in [0.3, 0.4) is 0 Å². The van der Waals surface area contributed by atoms with Gasteiger partial charge in [0.05, 0.1) is 5.92 Å². The van der Waals surface area contributed by atoms with Crippen LogP contribution in [-0.4, -0.2) is 5.97 Å². The summed E-state index contributed by atoms with van der Waals surface area (Å²) in [7, 11) is 0. The summed E-state index contributed by atoms with van der Waals surface area (Å²) in [6.45, 7) is 6.14. The van der Waals surface area contributed by atoms with Crippen molar-refractivity contribution in [3.05, 3.63) is 35.9 Å². The summed E-state index contributed by atoms with van der Waals surface area (Å²) in [6, 6.07) is 10.0. The fourth-order valence-electron chi connectivity index (χ4n) is 2.09. The van der Waals surface area contributed by atoms with Crippen LogP contribution in [0, 0.1) is 5.92 Å². The van der Waals surface area contributed by atoms with E-state index >= 15 is 0 Å². The van der Waals surface area contributed by atoms with Crippen molar-refractivity contribution >= 4 is 22.2 Å². The third-order valence-corrected chi connectivity index (χ3v) is 3.48. The SMILES string of the molecule is CCC(C(=O)OBr)C(C)(C)c1ccccc1. The maximum Gasteiger partial charge on any atom is 0.321 e. The first-order chi connectivity index (χ1) is 7.54. The summed E-state index contributed by atoms with van der Waals surface area (Å²) in [4.78, 5) is 11.7. The lowest BCUT2D eigenvalue weighted by molar-refractivity contribution is -0.139. The first kappa shape index (κ1) is 13.2. The predicted octanol–water partition coefficient (Wildman–Crippen LogP) is 3.84. The van der Waals surface area contributed by atoms with Gasteiger partial charge in [-0.25, -0.2) is 0 Å². The molecule has 0 aliphatic rings. The first-order valence-electron chi connectivity index (χ1n) is 5.42. The third kappa shape index (κ3) is 2.64. The summed E-state index contributed by atoms with van der Waals surface area (Å²) >= 11 is 2.77. The summed E-state index contributed by atoms with van der Waals surface area (Å²) in [5.41, 5.74) is 0.931. The molecule has 1 aromatic rings. The van der Waals surface area contributed by atoms with Crippen LogP contribution >= 0.6 is 16.3 Å². The van der Waals surface area contributed by atoms with Crippen molar-refractivity contribution in [2.24, 2.45) is 5.92 Å². The van der Waals surface area contributed by atoms with Crippen molar-refractivity contribution in [3.8, 4) is 0 Å². The van der Waals surface area contributed by atoms with E-state index in [0.717, 1.165) is 12.0 Å². The smallest absolute Gasteiger partial charge is 0.321 e. The molecule has 1 unspecified atom stereocenters. The van der Waals surface area contributed by atoms with Crippen LogP contribution < -0.4 is 0 Å². The van der Waals surface area contributed by atoms with Crippen molar-refractivity contribution in [3.63, 3.8) is 0 Å². The van der Waals surface area contributed by atoms with Gasteiger partial charge in [0.1, 0.15) is 0 Å². The second-order valence-electron chi connectivity index (χ2n) is 4.44. The Bertz CT molecular complexity index is 346. The van der Waals surface area contributed by atoms with Gasteiger partial charge in [-0.3, -0.25) is 4.79 Å². The third-order valence-electron chi connectivity index (χ3n) is 3.16. The largest absolute Gasteiger partial charge is 0.383 e. The number of carbonyl (C=O) groups is 1. The zero-order valence-electron chi connectivity index (χ0n) is 9.87.